The summed E-state index contributed by atoms with van der Waals surface area (Å²) in [4.78, 5) is 0. The van der Waals surface area contributed by atoms with E-state index in [1.807, 2.05) is 30.3 Å². The Labute approximate surface area is 130 Å². The molecule has 0 aliphatic carbocycles. The third kappa shape index (κ3) is 3.84. The molecule has 6 nitrogen and oxygen atoms in total. The van der Waals surface area contributed by atoms with E-state index in [4.69, 9.17) is 23.7 Å². The van der Waals surface area contributed by atoms with Gasteiger partial charge in [-0.3, -0.25) is 0 Å². The van der Waals surface area contributed by atoms with Crippen LogP contribution in [-0.4, -0.2) is 63.7 Å². The second-order valence-electron chi connectivity index (χ2n) is 5.12. The molecule has 1 N–H and O–H groups in total. The molecule has 0 radical (unpaired) electrons. The van der Waals surface area contributed by atoms with Gasteiger partial charge in [0.05, 0.1) is 13.2 Å². The first-order valence-electron chi connectivity index (χ1n) is 7.25. The fourth-order valence-corrected chi connectivity index (χ4v) is 2.71. The van der Waals surface area contributed by atoms with Crippen LogP contribution in [0.5, 0.6) is 0 Å². The first kappa shape index (κ1) is 17.3. The summed E-state index contributed by atoms with van der Waals surface area (Å²) in [6.07, 6.45) is -2.42. The zero-order chi connectivity index (χ0) is 15.9. The van der Waals surface area contributed by atoms with E-state index in [1.54, 1.807) is 21.3 Å². The maximum Gasteiger partial charge on any atom is 0.187 e. The Morgan fingerprint density at radius 2 is 1.59 bits per heavy atom. The van der Waals surface area contributed by atoms with Crippen molar-refractivity contribution in [3.63, 3.8) is 0 Å². The average molecular weight is 312 g/mol. The molecule has 5 atom stereocenters. The lowest BCUT2D eigenvalue weighted by molar-refractivity contribution is -0.315. The minimum Gasteiger partial charge on any atom is -0.394 e. The highest BCUT2D eigenvalue weighted by Crippen LogP contribution is 2.28. The quantitative estimate of drug-likeness (QED) is 0.809. The van der Waals surface area contributed by atoms with Crippen molar-refractivity contribution >= 4 is 0 Å². The molecular formula is C16H24O6. The monoisotopic (exact) mass is 312 g/mol. The number of hydrogen-bond acceptors (Lipinski definition) is 6. The largest absolute Gasteiger partial charge is 0.394 e. The van der Waals surface area contributed by atoms with E-state index in [1.165, 1.54) is 0 Å². The van der Waals surface area contributed by atoms with Crippen molar-refractivity contribution in [2.45, 2.75) is 37.3 Å². The van der Waals surface area contributed by atoms with Gasteiger partial charge < -0.3 is 28.8 Å². The predicted molar refractivity (Wildman–Crippen MR) is 79.4 cm³/mol. The van der Waals surface area contributed by atoms with Crippen molar-refractivity contribution in [3.8, 4) is 0 Å². The zero-order valence-corrected chi connectivity index (χ0v) is 13.2. The Balaban J connectivity index is 2.07. The van der Waals surface area contributed by atoms with Gasteiger partial charge in [-0.2, -0.15) is 0 Å². The Morgan fingerprint density at radius 3 is 2.14 bits per heavy atom. The highest BCUT2D eigenvalue weighted by molar-refractivity contribution is 5.13. The summed E-state index contributed by atoms with van der Waals surface area (Å²) in [6.45, 7) is 0.206. The predicted octanol–water partition coefficient (Wildman–Crippen LogP) is 0.965. The molecule has 1 fully saturated rings. The van der Waals surface area contributed by atoms with Crippen LogP contribution >= 0.6 is 0 Å². The van der Waals surface area contributed by atoms with E-state index in [0.717, 1.165) is 5.56 Å². The van der Waals surface area contributed by atoms with Crippen LogP contribution in [0.15, 0.2) is 30.3 Å². The highest BCUT2D eigenvalue weighted by Gasteiger charge is 2.47. The Morgan fingerprint density at radius 1 is 0.955 bits per heavy atom. The van der Waals surface area contributed by atoms with Crippen LogP contribution < -0.4 is 0 Å². The van der Waals surface area contributed by atoms with Gasteiger partial charge in [0.15, 0.2) is 6.29 Å². The van der Waals surface area contributed by atoms with Gasteiger partial charge in [-0.1, -0.05) is 30.3 Å². The molecule has 1 aliphatic heterocycles. The van der Waals surface area contributed by atoms with Crippen LogP contribution in [0.4, 0.5) is 0 Å². The van der Waals surface area contributed by atoms with E-state index in [2.05, 4.69) is 0 Å². The van der Waals surface area contributed by atoms with Gasteiger partial charge in [-0.05, 0) is 5.56 Å². The molecule has 0 amide bonds. The van der Waals surface area contributed by atoms with Gasteiger partial charge in [-0.25, -0.2) is 0 Å². The van der Waals surface area contributed by atoms with E-state index in [-0.39, 0.29) is 12.7 Å². The van der Waals surface area contributed by atoms with E-state index >= 15 is 0 Å². The van der Waals surface area contributed by atoms with Crippen molar-refractivity contribution in [1.82, 2.24) is 0 Å². The summed E-state index contributed by atoms with van der Waals surface area (Å²) in [5.74, 6) is 0. The van der Waals surface area contributed by atoms with E-state index < -0.39 is 24.6 Å². The van der Waals surface area contributed by atoms with Crippen molar-refractivity contribution in [1.29, 1.82) is 0 Å². The molecule has 1 aliphatic rings. The Bertz CT molecular complexity index is 426. The molecule has 0 aromatic heterocycles. The fraction of sp³-hybridized carbons (Fsp3) is 0.625. The fourth-order valence-electron chi connectivity index (χ4n) is 2.71. The van der Waals surface area contributed by atoms with Gasteiger partial charge in [0.1, 0.15) is 24.4 Å². The maximum absolute atomic E-state index is 9.51. The van der Waals surface area contributed by atoms with Crippen LogP contribution in [0.2, 0.25) is 0 Å². The third-order valence-corrected chi connectivity index (χ3v) is 3.84. The molecule has 1 saturated heterocycles. The van der Waals surface area contributed by atoms with Crippen LogP contribution in [0.1, 0.15) is 5.56 Å². The van der Waals surface area contributed by atoms with Crippen molar-refractivity contribution in [2.24, 2.45) is 0 Å². The molecule has 0 saturated carbocycles. The highest BCUT2D eigenvalue weighted by atomic mass is 16.7. The summed E-state index contributed by atoms with van der Waals surface area (Å²) < 4.78 is 28.0. The first-order chi connectivity index (χ1) is 10.7. The number of hydrogen-bond donors (Lipinski definition) is 1. The van der Waals surface area contributed by atoms with Crippen LogP contribution in [0, 0.1) is 0 Å². The van der Waals surface area contributed by atoms with Crippen LogP contribution in [0.3, 0.4) is 0 Å². The lowest BCUT2D eigenvalue weighted by Gasteiger charge is -2.44. The molecular weight excluding hydrogens is 288 g/mol. The van der Waals surface area contributed by atoms with Gasteiger partial charge in [0, 0.05) is 21.3 Å². The van der Waals surface area contributed by atoms with Gasteiger partial charge in [0.25, 0.3) is 0 Å². The van der Waals surface area contributed by atoms with Crippen molar-refractivity contribution < 1.29 is 28.8 Å². The molecule has 2 rings (SSSR count). The van der Waals surface area contributed by atoms with Crippen LogP contribution in [-0.2, 0) is 30.3 Å². The average Bonchev–Trinajstić information content (AvgIpc) is 2.58. The molecule has 1 aromatic carbocycles. The molecule has 0 spiro atoms. The second-order valence-corrected chi connectivity index (χ2v) is 5.12. The minimum atomic E-state index is -0.640. The summed E-state index contributed by atoms with van der Waals surface area (Å²) in [5.41, 5.74) is 1.03. The van der Waals surface area contributed by atoms with Gasteiger partial charge in [-0.15, -0.1) is 0 Å². The minimum absolute atomic E-state index is 0.181. The third-order valence-electron chi connectivity index (χ3n) is 3.84. The Kier molecular flexibility index (Phi) is 6.75. The zero-order valence-electron chi connectivity index (χ0n) is 13.2. The topological polar surface area (TPSA) is 66.4 Å². The van der Waals surface area contributed by atoms with E-state index in [0.29, 0.717) is 6.61 Å². The maximum atomic E-state index is 9.51. The van der Waals surface area contributed by atoms with Crippen molar-refractivity contribution in [2.75, 3.05) is 27.9 Å². The molecule has 22 heavy (non-hydrogen) atoms. The molecule has 1 heterocycles. The standard InChI is InChI=1S/C16H24O6/c1-18-13-12(9-17)22-16(15(20-3)14(13)19-2)21-10-11-7-5-4-6-8-11/h4-8,12-17H,9-10H2,1-3H3/t12-,13-,14+,15-,16-/m1/s1. The summed E-state index contributed by atoms with van der Waals surface area (Å²) >= 11 is 0. The lowest BCUT2D eigenvalue weighted by Crippen LogP contribution is -2.61. The normalized spacial score (nSPS) is 32.1. The number of aliphatic hydroxyl groups excluding tert-OH is 1. The smallest absolute Gasteiger partial charge is 0.187 e. The van der Waals surface area contributed by atoms with Crippen molar-refractivity contribution in [3.05, 3.63) is 35.9 Å². The lowest BCUT2D eigenvalue weighted by atomic mass is 9.98. The number of rotatable bonds is 7. The summed E-state index contributed by atoms with van der Waals surface area (Å²) in [5, 5.41) is 9.51. The molecule has 6 heteroatoms. The van der Waals surface area contributed by atoms with Crippen LogP contribution in [0.25, 0.3) is 0 Å². The number of benzene rings is 1. The summed E-state index contributed by atoms with van der Waals surface area (Å²) in [7, 11) is 4.71. The molecule has 0 unspecified atom stereocenters. The molecule has 1 aromatic rings. The van der Waals surface area contributed by atoms with Gasteiger partial charge >= 0.3 is 0 Å². The number of methoxy groups -OCH3 is 3. The molecule has 0 bridgehead atoms. The number of ether oxygens (including phenoxy) is 5. The van der Waals surface area contributed by atoms with E-state index in [9.17, 15) is 5.11 Å². The van der Waals surface area contributed by atoms with Gasteiger partial charge in [0.2, 0.25) is 0 Å². The second kappa shape index (κ2) is 8.57. The first-order valence-corrected chi connectivity index (χ1v) is 7.25. The summed E-state index contributed by atoms with van der Waals surface area (Å²) in [6, 6.07) is 9.79. The number of aliphatic hydroxyl groups is 1. The SMILES string of the molecule is CO[C@@H]1[C@@H](OC)[C@H](OCc2ccccc2)O[C@H](CO)[C@H]1OC. The Hall–Kier alpha value is -1.02. The molecule has 124 valence electrons.